The van der Waals surface area contributed by atoms with Crippen molar-refractivity contribution in [1.82, 2.24) is 9.72 Å². The zero-order chi connectivity index (χ0) is 19.3. The number of aromatic nitrogens is 2. The number of para-hydroxylation sites is 2. The van der Waals surface area contributed by atoms with Gasteiger partial charge in [0.2, 0.25) is 0 Å². The molecule has 142 valence electrons. The summed E-state index contributed by atoms with van der Waals surface area (Å²) in [6, 6.07) is 18.5. The van der Waals surface area contributed by atoms with Gasteiger partial charge in [-0.1, -0.05) is 47.6 Å². The lowest BCUT2D eigenvalue weighted by atomic mass is 10.2. The van der Waals surface area contributed by atoms with E-state index in [4.69, 9.17) is 13.7 Å². The number of fused-ring (bicyclic) bond motifs is 1. The molecule has 0 aliphatic carbocycles. The second kappa shape index (κ2) is 7.96. The highest BCUT2D eigenvalue weighted by Gasteiger charge is 2.11. The molecule has 2 heterocycles. The number of carbonyl (C=O) groups excluding carboxylic acids is 1. The maximum Gasteiger partial charge on any atom is 0.419 e. The third kappa shape index (κ3) is 3.88. The normalized spacial score (nSPS) is 11.0. The number of rotatable bonds is 7. The summed E-state index contributed by atoms with van der Waals surface area (Å²) in [5, 5.41) is 3.92. The molecule has 7 heteroatoms. The maximum absolute atomic E-state index is 12.0. The van der Waals surface area contributed by atoms with Gasteiger partial charge < -0.3 is 13.7 Å². The number of hydrogen-bond acceptors (Lipinski definition) is 6. The largest absolute Gasteiger partial charge is 0.459 e. The SMILES string of the molecule is O=C(CCCn1c(=O)oc2ccccc21)OCc1cc(-c2ccccc2)on1. The van der Waals surface area contributed by atoms with Crippen molar-refractivity contribution in [3.63, 3.8) is 0 Å². The van der Waals surface area contributed by atoms with Crippen LogP contribution in [0.3, 0.4) is 0 Å². The minimum atomic E-state index is -0.425. The van der Waals surface area contributed by atoms with E-state index in [0.29, 0.717) is 30.0 Å². The Kier molecular flexibility index (Phi) is 5.05. The van der Waals surface area contributed by atoms with Crippen molar-refractivity contribution in [2.24, 2.45) is 0 Å². The summed E-state index contributed by atoms with van der Waals surface area (Å²) in [5.41, 5.74) is 2.71. The predicted molar refractivity (Wildman–Crippen MR) is 101 cm³/mol. The average Bonchev–Trinajstić information content (AvgIpc) is 3.32. The van der Waals surface area contributed by atoms with Crippen LogP contribution in [0.4, 0.5) is 0 Å². The van der Waals surface area contributed by atoms with Gasteiger partial charge in [-0.2, -0.15) is 0 Å². The minimum Gasteiger partial charge on any atom is -0.459 e. The van der Waals surface area contributed by atoms with Crippen molar-refractivity contribution in [2.75, 3.05) is 0 Å². The summed E-state index contributed by atoms with van der Waals surface area (Å²) >= 11 is 0. The van der Waals surface area contributed by atoms with Crippen molar-refractivity contribution in [3.05, 3.63) is 76.9 Å². The summed E-state index contributed by atoms with van der Waals surface area (Å²) in [4.78, 5) is 23.9. The van der Waals surface area contributed by atoms with Crippen LogP contribution < -0.4 is 5.76 Å². The number of hydrogen-bond donors (Lipinski definition) is 0. The predicted octanol–water partition coefficient (Wildman–Crippen LogP) is 3.77. The number of aryl methyl sites for hydroxylation is 1. The topological polar surface area (TPSA) is 87.5 Å². The first-order valence-electron chi connectivity index (χ1n) is 8.96. The monoisotopic (exact) mass is 378 g/mol. The average molecular weight is 378 g/mol. The molecule has 0 spiro atoms. The van der Waals surface area contributed by atoms with Crippen molar-refractivity contribution in [1.29, 1.82) is 0 Å². The van der Waals surface area contributed by atoms with E-state index in [-0.39, 0.29) is 19.0 Å². The van der Waals surface area contributed by atoms with E-state index in [1.165, 1.54) is 4.57 Å². The van der Waals surface area contributed by atoms with Gasteiger partial charge >= 0.3 is 11.7 Å². The standard InChI is InChI=1S/C21H18N2O5/c24-20(11-6-12-23-17-9-4-5-10-18(17)27-21(23)25)26-14-16-13-19(28-22-16)15-7-2-1-3-8-15/h1-5,7-10,13H,6,11-12,14H2. The summed E-state index contributed by atoms with van der Waals surface area (Å²) in [6.07, 6.45) is 0.658. The molecule has 0 N–H and O–H groups in total. The van der Waals surface area contributed by atoms with Crippen LogP contribution >= 0.6 is 0 Å². The van der Waals surface area contributed by atoms with E-state index in [9.17, 15) is 9.59 Å². The molecule has 0 aliphatic rings. The molecule has 0 saturated heterocycles. The zero-order valence-electron chi connectivity index (χ0n) is 15.0. The number of benzene rings is 2. The van der Waals surface area contributed by atoms with Crippen LogP contribution in [0.2, 0.25) is 0 Å². The molecular weight excluding hydrogens is 360 g/mol. The Hall–Kier alpha value is -3.61. The Morgan fingerprint density at radius 1 is 1.07 bits per heavy atom. The second-order valence-corrected chi connectivity index (χ2v) is 6.30. The number of ether oxygens (including phenoxy) is 1. The zero-order valence-corrected chi connectivity index (χ0v) is 15.0. The third-order valence-electron chi connectivity index (χ3n) is 4.33. The Labute approximate surface area is 160 Å². The first-order valence-corrected chi connectivity index (χ1v) is 8.96. The molecular formula is C21H18N2O5. The molecule has 0 unspecified atom stereocenters. The lowest BCUT2D eigenvalue weighted by molar-refractivity contribution is -0.145. The lowest BCUT2D eigenvalue weighted by Gasteiger charge is -2.03. The van der Waals surface area contributed by atoms with Gasteiger partial charge in [0.05, 0.1) is 5.52 Å². The Morgan fingerprint density at radius 2 is 1.86 bits per heavy atom. The van der Waals surface area contributed by atoms with Crippen molar-refractivity contribution in [3.8, 4) is 11.3 Å². The molecule has 0 bridgehead atoms. The molecule has 2 aromatic carbocycles. The Balaban J connectivity index is 1.28. The second-order valence-electron chi connectivity index (χ2n) is 6.30. The highest BCUT2D eigenvalue weighted by molar-refractivity contribution is 5.72. The Morgan fingerprint density at radius 3 is 2.71 bits per heavy atom. The van der Waals surface area contributed by atoms with E-state index in [0.717, 1.165) is 11.1 Å². The molecule has 0 fully saturated rings. The van der Waals surface area contributed by atoms with Crippen LogP contribution in [-0.2, 0) is 22.7 Å². The fourth-order valence-corrected chi connectivity index (χ4v) is 2.95. The molecule has 0 saturated carbocycles. The molecule has 0 radical (unpaired) electrons. The fourth-order valence-electron chi connectivity index (χ4n) is 2.95. The number of oxazole rings is 1. The van der Waals surface area contributed by atoms with E-state index >= 15 is 0 Å². The fraction of sp³-hybridized carbons (Fsp3) is 0.190. The van der Waals surface area contributed by atoms with Gasteiger partial charge in [0, 0.05) is 24.6 Å². The van der Waals surface area contributed by atoms with Crippen molar-refractivity contribution < 1.29 is 18.5 Å². The lowest BCUT2D eigenvalue weighted by Crippen LogP contribution is -2.15. The molecule has 0 amide bonds. The van der Waals surface area contributed by atoms with Gasteiger partial charge in [0.15, 0.2) is 11.3 Å². The Bertz CT molecular complexity index is 1140. The number of nitrogens with zero attached hydrogens (tertiary/aromatic N) is 2. The van der Waals surface area contributed by atoms with Crippen LogP contribution in [0, 0.1) is 0 Å². The summed E-state index contributed by atoms with van der Waals surface area (Å²) in [6.45, 7) is 0.427. The van der Waals surface area contributed by atoms with Gasteiger partial charge in [-0.05, 0) is 18.6 Å². The maximum atomic E-state index is 12.0. The quantitative estimate of drug-likeness (QED) is 0.455. The molecule has 4 rings (SSSR count). The molecule has 2 aromatic heterocycles. The minimum absolute atomic E-state index is 0.0454. The molecule has 0 aliphatic heterocycles. The first kappa shape index (κ1) is 17.8. The van der Waals surface area contributed by atoms with E-state index in [1.807, 2.05) is 42.5 Å². The van der Waals surface area contributed by atoms with Gasteiger partial charge in [-0.3, -0.25) is 9.36 Å². The van der Waals surface area contributed by atoms with Gasteiger partial charge in [-0.25, -0.2) is 4.79 Å². The smallest absolute Gasteiger partial charge is 0.419 e. The van der Waals surface area contributed by atoms with E-state index in [1.54, 1.807) is 18.2 Å². The van der Waals surface area contributed by atoms with Gasteiger partial charge in [0.25, 0.3) is 0 Å². The van der Waals surface area contributed by atoms with Crippen molar-refractivity contribution in [2.45, 2.75) is 26.0 Å². The van der Waals surface area contributed by atoms with Crippen LogP contribution in [-0.4, -0.2) is 15.7 Å². The molecule has 28 heavy (non-hydrogen) atoms. The summed E-state index contributed by atoms with van der Waals surface area (Å²) in [7, 11) is 0. The van der Waals surface area contributed by atoms with Crippen LogP contribution in [0.25, 0.3) is 22.4 Å². The summed E-state index contributed by atoms with van der Waals surface area (Å²) < 4.78 is 17.2. The van der Waals surface area contributed by atoms with Crippen LogP contribution in [0.1, 0.15) is 18.5 Å². The highest BCUT2D eigenvalue weighted by Crippen LogP contribution is 2.20. The number of carbonyl (C=O) groups is 1. The molecule has 7 nitrogen and oxygen atoms in total. The van der Waals surface area contributed by atoms with Gasteiger partial charge in [0.1, 0.15) is 12.3 Å². The first-order chi connectivity index (χ1) is 13.7. The van der Waals surface area contributed by atoms with Gasteiger partial charge in [-0.15, -0.1) is 0 Å². The highest BCUT2D eigenvalue weighted by atomic mass is 16.5. The van der Waals surface area contributed by atoms with Crippen molar-refractivity contribution >= 4 is 17.1 Å². The molecule has 4 aromatic rings. The summed E-state index contributed by atoms with van der Waals surface area (Å²) in [5.74, 6) is -0.159. The van der Waals surface area contributed by atoms with Crippen LogP contribution in [0.5, 0.6) is 0 Å². The third-order valence-corrected chi connectivity index (χ3v) is 4.33. The van der Waals surface area contributed by atoms with E-state index in [2.05, 4.69) is 5.16 Å². The van der Waals surface area contributed by atoms with Crippen LogP contribution in [0.15, 0.2) is 74.4 Å². The molecule has 0 atom stereocenters. The van der Waals surface area contributed by atoms with E-state index < -0.39 is 5.76 Å². The number of esters is 1.